The highest BCUT2D eigenvalue weighted by molar-refractivity contribution is 5.90. The van der Waals surface area contributed by atoms with E-state index in [1.807, 2.05) is 24.3 Å². The summed E-state index contributed by atoms with van der Waals surface area (Å²) in [6.45, 7) is 4.21. The van der Waals surface area contributed by atoms with Crippen molar-refractivity contribution in [2.24, 2.45) is 11.7 Å². The van der Waals surface area contributed by atoms with Crippen molar-refractivity contribution in [2.45, 2.75) is 19.9 Å². The lowest BCUT2D eigenvalue weighted by molar-refractivity contribution is 0.0995. The van der Waals surface area contributed by atoms with E-state index in [0.29, 0.717) is 11.7 Å². The van der Waals surface area contributed by atoms with Crippen LogP contribution in [0.1, 0.15) is 35.9 Å². The molecular formula is C16H20N4O2. The Morgan fingerprint density at radius 2 is 1.91 bits per heavy atom. The van der Waals surface area contributed by atoms with Gasteiger partial charge in [-0.3, -0.25) is 9.78 Å². The normalized spacial score (nSPS) is 12.0. The van der Waals surface area contributed by atoms with Gasteiger partial charge in [-0.1, -0.05) is 26.0 Å². The summed E-state index contributed by atoms with van der Waals surface area (Å²) in [5.74, 6) is 1.04. The summed E-state index contributed by atoms with van der Waals surface area (Å²) >= 11 is 0. The Hall–Kier alpha value is -2.63. The van der Waals surface area contributed by atoms with Gasteiger partial charge in [0.05, 0.1) is 25.5 Å². The van der Waals surface area contributed by atoms with Crippen molar-refractivity contribution in [2.75, 3.05) is 12.4 Å². The van der Waals surface area contributed by atoms with Gasteiger partial charge in [-0.15, -0.1) is 0 Å². The predicted octanol–water partition coefficient (Wildman–Crippen LogP) is 2.39. The van der Waals surface area contributed by atoms with Crippen LogP contribution < -0.4 is 15.8 Å². The van der Waals surface area contributed by atoms with Gasteiger partial charge in [0.2, 0.25) is 0 Å². The first-order valence-electron chi connectivity index (χ1n) is 7.03. The molecule has 0 bridgehead atoms. The van der Waals surface area contributed by atoms with Crippen LogP contribution in [0.5, 0.6) is 5.75 Å². The van der Waals surface area contributed by atoms with E-state index in [2.05, 4.69) is 29.1 Å². The second-order valence-electron chi connectivity index (χ2n) is 5.29. The van der Waals surface area contributed by atoms with Gasteiger partial charge in [0, 0.05) is 0 Å². The second-order valence-corrected chi connectivity index (χ2v) is 5.29. The molecule has 0 radical (unpaired) electrons. The number of benzene rings is 1. The number of hydrogen-bond donors (Lipinski definition) is 2. The number of methoxy groups -OCH3 is 1. The molecule has 6 heteroatoms. The Bertz CT molecular complexity index is 641. The molecule has 3 N–H and O–H groups in total. The third kappa shape index (κ3) is 3.72. The van der Waals surface area contributed by atoms with E-state index in [4.69, 9.17) is 10.5 Å². The van der Waals surface area contributed by atoms with Crippen LogP contribution in [-0.2, 0) is 0 Å². The fraction of sp³-hybridized carbons (Fsp3) is 0.312. The number of amides is 1. The molecular weight excluding hydrogens is 280 g/mol. The first kappa shape index (κ1) is 15.8. The third-order valence-electron chi connectivity index (χ3n) is 3.33. The van der Waals surface area contributed by atoms with Crippen molar-refractivity contribution in [3.05, 3.63) is 47.9 Å². The van der Waals surface area contributed by atoms with Crippen molar-refractivity contribution in [3.63, 3.8) is 0 Å². The number of primary amides is 1. The molecule has 0 aliphatic heterocycles. The molecule has 2 aromatic rings. The Balaban J connectivity index is 2.25. The molecule has 2 rings (SSSR count). The molecule has 1 amide bonds. The minimum atomic E-state index is -0.596. The molecule has 0 aliphatic rings. The van der Waals surface area contributed by atoms with Gasteiger partial charge in [-0.25, -0.2) is 4.98 Å². The SMILES string of the molecule is COc1ccc(C(Nc2cncc(C(N)=O)n2)C(C)C)cc1. The lowest BCUT2D eigenvalue weighted by atomic mass is 9.96. The molecule has 1 atom stereocenters. The van der Waals surface area contributed by atoms with Crippen molar-refractivity contribution >= 4 is 11.7 Å². The van der Waals surface area contributed by atoms with Gasteiger partial charge < -0.3 is 15.8 Å². The highest BCUT2D eigenvalue weighted by Gasteiger charge is 2.17. The van der Waals surface area contributed by atoms with Crippen molar-refractivity contribution in [3.8, 4) is 5.75 Å². The van der Waals surface area contributed by atoms with Crippen molar-refractivity contribution < 1.29 is 9.53 Å². The first-order valence-corrected chi connectivity index (χ1v) is 7.03. The largest absolute Gasteiger partial charge is 0.497 e. The van der Waals surface area contributed by atoms with Crippen LogP contribution in [-0.4, -0.2) is 23.0 Å². The minimum absolute atomic E-state index is 0.0309. The number of aromatic nitrogens is 2. The molecule has 1 aromatic carbocycles. The second kappa shape index (κ2) is 6.89. The van der Waals surface area contributed by atoms with E-state index in [9.17, 15) is 4.79 Å². The highest BCUT2D eigenvalue weighted by Crippen LogP contribution is 2.27. The number of rotatable bonds is 6. The molecule has 22 heavy (non-hydrogen) atoms. The molecule has 0 spiro atoms. The number of nitrogens with one attached hydrogen (secondary N) is 1. The standard InChI is InChI=1S/C16H20N4O2/c1-10(2)15(11-4-6-12(22-3)7-5-11)20-14-9-18-8-13(19-14)16(17)21/h4-10,15H,1-3H3,(H2,17,21)(H,19,20). The Kier molecular flexibility index (Phi) is 4.93. The van der Waals surface area contributed by atoms with Crippen LogP contribution in [0.3, 0.4) is 0 Å². The quantitative estimate of drug-likeness (QED) is 0.855. The van der Waals surface area contributed by atoms with E-state index in [1.165, 1.54) is 6.20 Å². The average Bonchev–Trinajstić information content (AvgIpc) is 2.53. The molecule has 1 heterocycles. The number of anilines is 1. The van der Waals surface area contributed by atoms with Gasteiger partial charge in [0.1, 0.15) is 17.3 Å². The van der Waals surface area contributed by atoms with E-state index in [1.54, 1.807) is 13.3 Å². The third-order valence-corrected chi connectivity index (χ3v) is 3.33. The maximum absolute atomic E-state index is 11.2. The van der Waals surface area contributed by atoms with Crippen LogP contribution in [0.2, 0.25) is 0 Å². The average molecular weight is 300 g/mol. The zero-order valence-electron chi connectivity index (χ0n) is 12.9. The molecule has 0 aliphatic carbocycles. The summed E-state index contributed by atoms with van der Waals surface area (Å²) in [7, 11) is 1.64. The summed E-state index contributed by atoms with van der Waals surface area (Å²) in [4.78, 5) is 19.4. The van der Waals surface area contributed by atoms with Crippen molar-refractivity contribution in [1.29, 1.82) is 0 Å². The molecule has 0 fully saturated rings. The fourth-order valence-corrected chi connectivity index (χ4v) is 2.16. The molecule has 1 unspecified atom stereocenters. The molecule has 0 saturated heterocycles. The Labute approximate surface area is 129 Å². The van der Waals surface area contributed by atoms with E-state index < -0.39 is 5.91 Å². The lowest BCUT2D eigenvalue weighted by Gasteiger charge is -2.23. The number of carbonyl (C=O) groups is 1. The molecule has 1 aromatic heterocycles. The number of ether oxygens (including phenoxy) is 1. The summed E-state index contributed by atoms with van der Waals surface area (Å²) in [5, 5.41) is 3.31. The zero-order chi connectivity index (χ0) is 16.1. The number of nitrogens with zero attached hydrogens (tertiary/aromatic N) is 2. The van der Waals surface area contributed by atoms with Crippen LogP contribution in [0.4, 0.5) is 5.82 Å². The number of nitrogens with two attached hydrogens (primary N) is 1. The summed E-state index contributed by atoms with van der Waals surface area (Å²) in [5.41, 5.74) is 6.47. The van der Waals surface area contributed by atoms with Gasteiger partial charge in [-0.05, 0) is 23.6 Å². The minimum Gasteiger partial charge on any atom is -0.497 e. The van der Waals surface area contributed by atoms with Crippen LogP contribution in [0.25, 0.3) is 0 Å². The van der Waals surface area contributed by atoms with Crippen LogP contribution >= 0.6 is 0 Å². The predicted molar refractivity (Wildman–Crippen MR) is 84.7 cm³/mol. The maximum Gasteiger partial charge on any atom is 0.268 e. The molecule has 116 valence electrons. The maximum atomic E-state index is 11.2. The zero-order valence-corrected chi connectivity index (χ0v) is 12.9. The number of carbonyl (C=O) groups excluding carboxylic acids is 1. The topological polar surface area (TPSA) is 90.1 Å². The van der Waals surface area contributed by atoms with Gasteiger partial charge in [-0.2, -0.15) is 0 Å². The summed E-state index contributed by atoms with van der Waals surface area (Å²) in [6, 6.07) is 7.86. The van der Waals surface area contributed by atoms with Gasteiger partial charge in [0.25, 0.3) is 5.91 Å². The summed E-state index contributed by atoms with van der Waals surface area (Å²) < 4.78 is 5.18. The smallest absolute Gasteiger partial charge is 0.268 e. The van der Waals surface area contributed by atoms with Crippen LogP contribution in [0, 0.1) is 5.92 Å². The Morgan fingerprint density at radius 1 is 1.23 bits per heavy atom. The van der Waals surface area contributed by atoms with E-state index in [0.717, 1.165) is 11.3 Å². The van der Waals surface area contributed by atoms with Crippen molar-refractivity contribution in [1.82, 2.24) is 9.97 Å². The monoisotopic (exact) mass is 300 g/mol. The fourth-order valence-electron chi connectivity index (χ4n) is 2.16. The highest BCUT2D eigenvalue weighted by atomic mass is 16.5. The molecule has 0 saturated carbocycles. The lowest BCUT2D eigenvalue weighted by Crippen LogP contribution is -2.19. The van der Waals surface area contributed by atoms with E-state index >= 15 is 0 Å². The van der Waals surface area contributed by atoms with Gasteiger partial charge in [0.15, 0.2) is 0 Å². The first-order chi connectivity index (χ1) is 10.5. The Morgan fingerprint density at radius 3 is 2.45 bits per heavy atom. The van der Waals surface area contributed by atoms with E-state index in [-0.39, 0.29) is 11.7 Å². The number of hydrogen-bond acceptors (Lipinski definition) is 5. The summed E-state index contributed by atoms with van der Waals surface area (Å²) in [6.07, 6.45) is 2.93. The molecule has 6 nitrogen and oxygen atoms in total. The van der Waals surface area contributed by atoms with Gasteiger partial charge >= 0.3 is 0 Å². The van der Waals surface area contributed by atoms with Crippen LogP contribution in [0.15, 0.2) is 36.7 Å².